The number of hydrogen-bond acceptors (Lipinski definition) is 4. The molecule has 1 fully saturated rings. The van der Waals surface area contributed by atoms with Gasteiger partial charge in [-0.15, -0.1) is 0 Å². The van der Waals surface area contributed by atoms with Gasteiger partial charge in [-0.3, -0.25) is 4.79 Å². The number of piperazine rings is 1. The third kappa shape index (κ3) is 3.57. The lowest BCUT2D eigenvalue weighted by Gasteiger charge is -2.36. The molecular formula is C21H23N5O. The van der Waals surface area contributed by atoms with Crippen molar-refractivity contribution < 1.29 is 4.79 Å². The first kappa shape index (κ1) is 17.3. The van der Waals surface area contributed by atoms with E-state index in [4.69, 9.17) is 5.73 Å². The van der Waals surface area contributed by atoms with E-state index in [1.807, 2.05) is 58.1 Å². The van der Waals surface area contributed by atoms with Crippen molar-refractivity contribution in [3.8, 4) is 5.69 Å². The summed E-state index contributed by atoms with van der Waals surface area (Å²) in [5.41, 5.74) is 9.19. The zero-order valence-electron chi connectivity index (χ0n) is 15.2. The Morgan fingerprint density at radius 3 is 2.37 bits per heavy atom. The number of imidazole rings is 1. The van der Waals surface area contributed by atoms with Crippen LogP contribution in [-0.2, 0) is 6.54 Å². The minimum atomic E-state index is 0.0568. The number of carbonyl (C=O) groups excluding carboxylic acids is 1. The van der Waals surface area contributed by atoms with Crippen molar-refractivity contribution in [3.05, 3.63) is 78.4 Å². The van der Waals surface area contributed by atoms with Crippen molar-refractivity contribution in [2.24, 2.45) is 5.73 Å². The molecule has 1 aromatic heterocycles. The molecule has 2 heterocycles. The highest BCUT2D eigenvalue weighted by Gasteiger charge is 2.24. The van der Waals surface area contributed by atoms with Gasteiger partial charge in [0.15, 0.2) is 0 Å². The van der Waals surface area contributed by atoms with E-state index >= 15 is 0 Å². The second-order valence-electron chi connectivity index (χ2n) is 6.61. The van der Waals surface area contributed by atoms with E-state index in [9.17, 15) is 4.79 Å². The molecule has 3 aromatic rings. The first-order valence-electron chi connectivity index (χ1n) is 9.18. The van der Waals surface area contributed by atoms with Crippen LogP contribution in [0.2, 0.25) is 0 Å². The molecule has 0 unspecified atom stereocenters. The molecule has 0 bridgehead atoms. The van der Waals surface area contributed by atoms with Gasteiger partial charge in [0.05, 0.1) is 23.3 Å². The molecule has 6 heteroatoms. The van der Waals surface area contributed by atoms with Gasteiger partial charge in [-0.1, -0.05) is 30.3 Å². The number of benzene rings is 2. The smallest absolute Gasteiger partial charge is 0.256 e. The number of nitrogens with zero attached hydrogens (tertiary/aromatic N) is 4. The molecule has 0 radical (unpaired) electrons. The van der Waals surface area contributed by atoms with E-state index in [1.54, 1.807) is 6.33 Å². The molecule has 1 saturated heterocycles. The highest BCUT2D eigenvalue weighted by atomic mass is 16.2. The Hall–Kier alpha value is -3.12. The van der Waals surface area contributed by atoms with Crippen molar-refractivity contribution in [1.29, 1.82) is 0 Å². The lowest BCUT2D eigenvalue weighted by Crippen LogP contribution is -2.49. The summed E-state index contributed by atoms with van der Waals surface area (Å²) in [6, 6.07) is 18.0. The van der Waals surface area contributed by atoms with Crippen molar-refractivity contribution in [2.75, 3.05) is 31.1 Å². The topological polar surface area (TPSA) is 67.4 Å². The van der Waals surface area contributed by atoms with Gasteiger partial charge in [0.1, 0.15) is 0 Å². The van der Waals surface area contributed by atoms with Crippen LogP contribution < -0.4 is 10.6 Å². The number of amides is 1. The molecule has 0 spiro atoms. The van der Waals surface area contributed by atoms with Crippen LogP contribution in [0.15, 0.2) is 67.1 Å². The maximum Gasteiger partial charge on any atom is 0.256 e. The van der Waals surface area contributed by atoms with E-state index in [2.05, 4.69) is 22.0 Å². The second-order valence-corrected chi connectivity index (χ2v) is 6.61. The Morgan fingerprint density at radius 2 is 1.67 bits per heavy atom. The van der Waals surface area contributed by atoms with Gasteiger partial charge in [-0.05, 0) is 24.3 Å². The molecule has 0 saturated carbocycles. The summed E-state index contributed by atoms with van der Waals surface area (Å²) >= 11 is 0. The molecule has 0 atom stereocenters. The predicted octanol–water partition coefficient (Wildman–Crippen LogP) is 2.29. The summed E-state index contributed by atoms with van der Waals surface area (Å²) < 4.78 is 1.87. The molecule has 2 N–H and O–H groups in total. The van der Waals surface area contributed by atoms with Gasteiger partial charge < -0.3 is 20.1 Å². The quantitative estimate of drug-likeness (QED) is 0.774. The van der Waals surface area contributed by atoms with E-state index in [1.165, 1.54) is 5.69 Å². The lowest BCUT2D eigenvalue weighted by molar-refractivity contribution is 0.0747. The van der Waals surface area contributed by atoms with Gasteiger partial charge >= 0.3 is 0 Å². The molecule has 0 aliphatic carbocycles. The predicted molar refractivity (Wildman–Crippen MR) is 106 cm³/mol. The fourth-order valence-corrected chi connectivity index (χ4v) is 3.46. The zero-order valence-corrected chi connectivity index (χ0v) is 15.2. The van der Waals surface area contributed by atoms with E-state index in [-0.39, 0.29) is 5.91 Å². The fourth-order valence-electron chi connectivity index (χ4n) is 3.46. The number of carbonyl (C=O) groups is 1. The molecule has 1 aliphatic heterocycles. The normalized spacial score (nSPS) is 14.4. The summed E-state index contributed by atoms with van der Waals surface area (Å²) in [6.45, 7) is 3.46. The molecule has 6 nitrogen and oxygen atoms in total. The van der Waals surface area contributed by atoms with Crippen molar-refractivity contribution in [1.82, 2.24) is 14.5 Å². The average molecular weight is 361 g/mol. The SMILES string of the molecule is NCc1cn(-c2ccccc2C(=O)N2CCN(c3ccccc3)CC2)cn1. The molecule has 138 valence electrons. The molecular weight excluding hydrogens is 338 g/mol. The monoisotopic (exact) mass is 361 g/mol. The third-order valence-corrected chi connectivity index (χ3v) is 4.95. The van der Waals surface area contributed by atoms with Crippen LogP contribution in [0.1, 0.15) is 16.1 Å². The largest absolute Gasteiger partial charge is 0.368 e. The van der Waals surface area contributed by atoms with Crippen molar-refractivity contribution in [3.63, 3.8) is 0 Å². The maximum absolute atomic E-state index is 13.2. The summed E-state index contributed by atoms with van der Waals surface area (Å²) in [5.74, 6) is 0.0568. The summed E-state index contributed by atoms with van der Waals surface area (Å²) in [7, 11) is 0. The minimum absolute atomic E-state index is 0.0568. The first-order valence-corrected chi connectivity index (χ1v) is 9.18. The molecule has 1 amide bonds. The van der Waals surface area contributed by atoms with Gasteiger partial charge in [-0.25, -0.2) is 4.98 Å². The standard InChI is InChI=1S/C21H23N5O/c22-14-17-15-26(16-23-17)20-9-5-4-8-19(20)21(27)25-12-10-24(11-13-25)18-6-2-1-3-7-18/h1-9,15-16H,10-14,22H2. The number of nitrogens with two attached hydrogens (primary N) is 1. The van der Waals surface area contributed by atoms with Crippen LogP contribution in [0.25, 0.3) is 5.69 Å². The van der Waals surface area contributed by atoms with Crippen LogP contribution in [-0.4, -0.2) is 46.5 Å². The van der Waals surface area contributed by atoms with Crippen LogP contribution in [0, 0.1) is 0 Å². The van der Waals surface area contributed by atoms with Gasteiger partial charge in [0.2, 0.25) is 0 Å². The van der Waals surface area contributed by atoms with Crippen LogP contribution >= 0.6 is 0 Å². The minimum Gasteiger partial charge on any atom is -0.368 e. The van der Waals surface area contributed by atoms with Gasteiger partial charge in [-0.2, -0.15) is 0 Å². The first-order chi connectivity index (χ1) is 13.3. The highest BCUT2D eigenvalue weighted by molar-refractivity contribution is 5.98. The van der Waals surface area contributed by atoms with E-state index < -0.39 is 0 Å². The molecule has 27 heavy (non-hydrogen) atoms. The molecule has 2 aromatic carbocycles. The molecule has 4 rings (SSSR count). The average Bonchev–Trinajstić information content (AvgIpc) is 3.23. The summed E-state index contributed by atoms with van der Waals surface area (Å²) in [5, 5.41) is 0. The van der Waals surface area contributed by atoms with Crippen LogP contribution in [0.4, 0.5) is 5.69 Å². The van der Waals surface area contributed by atoms with Crippen LogP contribution in [0.3, 0.4) is 0 Å². The summed E-state index contributed by atoms with van der Waals surface area (Å²) in [4.78, 5) is 21.7. The van der Waals surface area contributed by atoms with E-state index in [0.717, 1.165) is 24.5 Å². The number of anilines is 1. The van der Waals surface area contributed by atoms with Crippen molar-refractivity contribution in [2.45, 2.75) is 6.54 Å². The van der Waals surface area contributed by atoms with Crippen LogP contribution in [0.5, 0.6) is 0 Å². The van der Waals surface area contributed by atoms with E-state index in [0.29, 0.717) is 25.2 Å². The Labute approximate surface area is 158 Å². The zero-order chi connectivity index (χ0) is 18.6. The Balaban J connectivity index is 1.51. The number of para-hydroxylation sites is 2. The Bertz CT molecular complexity index is 913. The highest BCUT2D eigenvalue weighted by Crippen LogP contribution is 2.20. The lowest BCUT2D eigenvalue weighted by atomic mass is 10.1. The maximum atomic E-state index is 13.2. The Kier molecular flexibility index (Phi) is 4.89. The van der Waals surface area contributed by atoms with Gasteiger partial charge in [0.25, 0.3) is 5.91 Å². The summed E-state index contributed by atoms with van der Waals surface area (Å²) in [6.07, 6.45) is 3.58. The van der Waals surface area contributed by atoms with Gasteiger partial charge in [0, 0.05) is 44.6 Å². The van der Waals surface area contributed by atoms with Crippen molar-refractivity contribution >= 4 is 11.6 Å². The molecule has 1 aliphatic rings. The number of aromatic nitrogens is 2. The fraction of sp³-hybridized carbons (Fsp3) is 0.238. The second kappa shape index (κ2) is 7.63. The number of hydrogen-bond donors (Lipinski definition) is 1. The third-order valence-electron chi connectivity index (χ3n) is 4.95. The number of rotatable bonds is 4. The Morgan fingerprint density at radius 1 is 0.963 bits per heavy atom.